The summed E-state index contributed by atoms with van der Waals surface area (Å²) in [6.45, 7) is 1.65. The average Bonchev–Trinajstić information content (AvgIpc) is 3.51. The summed E-state index contributed by atoms with van der Waals surface area (Å²) < 4.78 is 5.29. The number of aromatic nitrogens is 1. The van der Waals surface area contributed by atoms with E-state index >= 15 is 0 Å². The van der Waals surface area contributed by atoms with Crippen LogP contribution < -0.4 is 5.32 Å². The first-order valence-corrected chi connectivity index (χ1v) is 15.4. The molecule has 10 nitrogen and oxygen atoms in total. The predicted octanol–water partition coefficient (Wildman–Crippen LogP) is 6.64. The van der Waals surface area contributed by atoms with Gasteiger partial charge in [0.2, 0.25) is 5.91 Å². The number of rotatable bonds is 10. The van der Waals surface area contributed by atoms with E-state index in [4.69, 9.17) is 4.74 Å². The number of ether oxygens (including phenoxy) is 1. The van der Waals surface area contributed by atoms with Gasteiger partial charge in [-0.2, -0.15) is 0 Å². The molecule has 0 bridgehead atoms. The largest absolute Gasteiger partial charge is 0.480 e. The van der Waals surface area contributed by atoms with E-state index in [1.54, 1.807) is 55.5 Å². The quantitative estimate of drug-likeness (QED) is 0.163. The minimum Gasteiger partial charge on any atom is -0.480 e. The van der Waals surface area contributed by atoms with Gasteiger partial charge in [0.1, 0.15) is 18.3 Å². The number of hydrogen-bond acceptors (Lipinski definition) is 7. The number of nitrogens with one attached hydrogen (secondary N) is 1. The monoisotopic (exact) mass is 640 g/mol. The lowest BCUT2D eigenvalue weighted by Gasteiger charge is -2.26. The Bertz CT molecular complexity index is 2010. The number of aliphatic carboxylic acids is 1. The fraction of sp³-hybridized carbons (Fsp3) is 0.158. The maximum absolute atomic E-state index is 14.0. The molecule has 0 spiro atoms. The molecule has 0 radical (unpaired) electrons. The number of carbonyl (C=O) groups excluding carboxylic acids is 3. The van der Waals surface area contributed by atoms with Gasteiger partial charge in [-0.05, 0) is 47.0 Å². The highest BCUT2D eigenvalue weighted by molar-refractivity contribution is 6.10. The van der Waals surface area contributed by atoms with Crippen LogP contribution in [0.1, 0.15) is 52.5 Å². The smallest absolute Gasteiger partial charge is 0.417 e. The summed E-state index contributed by atoms with van der Waals surface area (Å²) in [5.74, 6) is -3.23. The highest BCUT2D eigenvalue weighted by Gasteiger charge is 2.41. The minimum atomic E-state index is -1.43. The van der Waals surface area contributed by atoms with E-state index in [9.17, 15) is 24.3 Å². The molecule has 3 amide bonds. The molecule has 0 unspecified atom stereocenters. The highest BCUT2D eigenvalue weighted by atomic mass is 16.6. The first-order valence-electron chi connectivity index (χ1n) is 15.4. The van der Waals surface area contributed by atoms with Crippen LogP contribution in [0.2, 0.25) is 0 Å². The van der Waals surface area contributed by atoms with Gasteiger partial charge in [0.15, 0.2) is 6.04 Å². The van der Waals surface area contributed by atoms with Gasteiger partial charge >= 0.3 is 12.1 Å². The summed E-state index contributed by atoms with van der Waals surface area (Å²) in [5.41, 5.74) is 2.78. The van der Waals surface area contributed by atoms with Crippen molar-refractivity contribution in [2.75, 3.05) is 11.9 Å². The second kappa shape index (κ2) is 14.1. The van der Waals surface area contributed by atoms with Crippen molar-refractivity contribution in [3.63, 3.8) is 0 Å². The Morgan fingerprint density at radius 3 is 2.38 bits per heavy atom. The molecule has 1 aromatic heterocycles. The number of carboxylic acids is 1. The molecule has 240 valence electrons. The van der Waals surface area contributed by atoms with Gasteiger partial charge in [0, 0.05) is 29.8 Å². The van der Waals surface area contributed by atoms with Crippen molar-refractivity contribution in [2.24, 2.45) is 4.99 Å². The number of nitrogens with zero attached hydrogens (tertiary/aromatic N) is 3. The number of hydrogen-bond donors (Lipinski definition) is 2. The molecule has 48 heavy (non-hydrogen) atoms. The lowest BCUT2D eigenvalue weighted by molar-refractivity contribution is -0.139. The highest BCUT2D eigenvalue weighted by Crippen LogP contribution is 2.34. The topological polar surface area (TPSA) is 138 Å². The summed E-state index contributed by atoms with van der Waals surface area (Å²) >= 11 is 0. The minimum absolute atomic E-state index is 0.00411. The second-order valence-electron chi connectivity index (χ2n) is 11.4. The molecule has 2 heterocycles. The summed E-state index contributed by atoms with van der Waals surface area (Å²) in [7, 11) is 0. The van der Waals surface area contributed by atoms with E-state index in [0.717, 1.165) is 21.2 Å². The number of benzene rings is 4. The average molecular weight is 641 g/mol. The molecule has 10 heteroatoms. The summed E-state index contributed by atoms with van der Waals surface area (Å²) in [5, 5.41) is 15.3. The van der Waals surface area contributed by atoms with Gasteiger partial charge in [-0.1, -0.05) is 97.1 Å². The van der Waals surface area contributed by atoms with Crippen LogP contribution in [-0.4, -0.2) is 57.2 Å². The lowest BCUT2D eigenvalue weighted by Crippen LogP contribution is -2.38. The molecule has 4 aromatic carbocycles. The zero-order chi connectivity index (χ0) is 33.6. The van der Waals surface area contributed by atoms with E-state index in [2.05, 4.69) is 15.3 Å². The normalized spacial score (nSPS) is 15.9. The third kappa shape index (κ3) is 6.82. The van der Waals surface area contributed by atoms with Crippen molar-refractivity contribution < 1.29 is 29.0 Å². The Kier molecular flexibility index (Phi) is 9.33. The van der Waals surface area contributed by atoms with Crippen LogP contribution >= 0.6 is 0 Å². The standard InChI is InChI=1S/C38H32N4O6/c1-24(29-15-7-8-16-31(29)41-36(44)32-17-9-10-20-39-32)40-35(37(45)46)30(28-19-18-25-11-5-6-14-27(25)21-28)22-34(43)42-33(23-48-38(42)47)26-12-3-2-4-13-26/h2-21,30,33,35H,22-23H2,1H3,(H,41,44)(H,45,46)/t30-,33-,35+/m1/s1. The number of aliphatic imine (C=N–C) groups is 1. The third-order valence-electron chi connectivity index (χ3n) is 8.35. The number of pyridine rings is 1. The summed E-state index contributed by atoms with van der Waals surface area (Å²) in [6.07, 6.45) is 0.404. The van der Waals surface area contributed by atoms with Crippen molar-refractivity contribution in [2.45, 2.75) is 31.3 Å². The number of para-hydroxylation sites is 1. The number of carboxylic acid groups (broad SMARTS) is 1. The van der Waals surface area contributed by atoms with E-state index in [1.165, 1.54) is 6.20 Å². The van der Waals surface area contributed by atoms with Gasteiger partial charge in [0.25, 0.3) is 5.91 Å². The van der Waals surface area contributed by atoms with Crippen LogP contribution in [0.5, 0.6) is 0 Å². The molecule has 2 N–H and O–H groups in total. The van der Waals surface area contributed by atoms with Crippen LogP contribution in [0.25, 0.3) is 10.8 Å². The Morgan fingerprint density at radius 2 is 1.62 bits per heavy atom. The molecule has 1 aliphatic rings. The summed E-state index contributed by atoms with van der Waals surface area (Å²) in [4.78, 5) is 62.7. The van der Waals surface area contributed by atoms with Crippen LogP contribution in [0.3, 0.4) is 0 Å². The van der Waals surface area contributed by atoms with Crippen molar-refractivity contribution in [1.82, 2.24) is 9.88 Å². The van der Waals surface area contributed by atoms with Gasteiger partial charge in [-0.15, -0.1) is 0 Å². The second-order valence-corrected chi connectivity index (χ2v) is 11.4. The number of anilines is 1. The number of imide groups is 1. The van der Waals surface area contributed by atoms with E-state index in [-0.39, 0.29) is 18.7 Å². The van der Waals surface area contributed by atoms with Crippen molar-refractivity contribution in [1.29, 1.82) is 0 Å². The molecule has 6 rings (SSSR count). The molecular weight excluding hydrogens is 608 g/mol. The fourth-order valence-corrected chi connectivity index (χ4v) is 5.94. The van der Waals surface area contributed by atoms with E-state index < -0.39 is 41.9 Å². The molecule has 3 atom stereocenters. The number of amides is 3. The van der Waals surface area contributed by atoms with Crippen molar-refractivity contribution in [3.8, 4) is 0 Å². The first kappa shape index (κ1) is 31.8. The Labute approximate surface area is 276 Å². The van der Waals surface area contributed by atoms with E-state index in [1.807, 2.05) is 66.7 Å². The van der Waals surface area contributed by atoms with Crippen molar-refractivity contribution in [3.05, 3.63) is 144 Å². The number of fused-ring (bicyclic) bond motifs is 1. The number of carbonyl (C=O) groups is 4. The zero-order valence-corrected chi connectivity index (χ0v) is 26.0. The molecule has 0 saturated carbocycles. The van der Waals surface area contributed by atoms with E-state index in [0.29, 0.717) is 22.5 Å². The maximum Gasteiger partial charge on any atom is 0.417 e. The summed E-state index contributed by atoms with van der Waals surface area (Å²) in [6, 6.07) is 32.1. The predicted molar refractivity (Wildman–Crippen MR) is 181 cm³/mol. The Morgan fingerprint density at radius 1 is 0.917 bits per heavy atom. The first-order chi connectivity index (χ1) is 23.3. The molecule has 0 aliphatic carbocycles. The maximum atomic E-state index is 14.0. The van der Waals surface area contributed by atoms with Crippen LogP contribution in [0.4, 0.5) is 10.5 Å². The van der Waals surface area contributed by atoms with Crippen molar-refractivity contribution >= 4 is 46.0 Å². The molecule has 1 saturated heterocycles. The Balaban J connectivity index is 1.37. The van der Waals surface area contributed by atoms with Gasteiger partial charge < -0.3 is 15.2 Å². The van der Waals surface area contributed by atoms with Crippen LogP contribution in [-0.2, 0) is 14.3 Å². The molecule has 1 fully saturated rings. The van der Waals surface area contributed by atoms with Gasteiger partial charge in [0.05, 0.1) is 5.69 Å². The lowest BCUT2D eigenvalue weighted by atomic mass is 9.86. The molecular formula is C38H32N4O6. The molecule has 1 aliphatic heterocycles. The third-order valence-corrected chi connectivity index (χ3v) is 8.35. The zero-order valence-electron chi connectivity index (χ0n) is 26.0. The number of cyclic esters (lactones) is 1. The Hall–Kier alpha value is -6.16. The van der Waals surface area contributed by atoms with Crippen LogP contribution in [0.15, 0.2) is 126 Å². The van der Waals surface area contributed by atoms with Gasteiger partial charge in [-0.3, -0.25) is 19.6 Å². The van der Waals surface area contributed by atoms with Crippen LogP contribution in [0, 0.1) is 0 Å². The fourth-order valence-electron chi connectivity index (χ4n) is 5.94. The SMILES string of the molecule is CC(=N[C@H](C(=O)O)[C@H](CC(=O)N1C(=O)OC[C@@H]1c1ccccc1)c1ccc2ccccc2c1)c1ccccc1NC(=O)c1ccccn1. The molecule has 5 aromatic rings. The van der Waals surface area contributed by atoms with Gasteiger partial charge in [-0.25, -0.2) is 14.5 Å².